The van der Waals surface area contributed by atoms with Gasteiger partial charge in [-0.2, -0.15) is 0 Å². The van der Waals surface area contributed by atoms with Crippen molar-refractivity contribution in [3.63, 3.8) is 0 Å². The van der Waals surface area contributed by atoms with Crippen LogP contribution in [0.15, 0.2) is 28.7 Å². The highest BCUT2D eigenvalue weighted by atomic mass is 35.5. The Bertz CT molecular complexity index is 692. The van der Waals surface area contributed by atoms with Crippen molar-refractivity contribution < 1.29 is 18.4 Å². The lowest BCUT2D eigenvalue weighted by Crippen LogP contribution is -2.42. The summed E-state index contributed by atoms with van der Waals surface area (Å²) in [7, 11) is 0. The molecule has 110 valence electrons. The average molecular weight is 311 g/mol. The number of hydrogen-bond acceptors (Lipinski definition) is 3. The molecule has 1 aromatic carbocycles. The van der Waals surface area contributed by atoms with Crippen molar-refractivity contribution in [1.29, 1.82) is 0 Å². The average Bonchev–Trinajstić information content (AvgIpc) is 2.75. The van der Waals surface area contributed by atoms with Crippen molar-refractivity contribution in [3.05, 3.63) is 57.8 Å². The van der Waals surface area contributed by atoms with Crippen LogP contribution in [0.25, 0.3) is 0 Å². The molecule has 1 heterocycles. The highest BCUT2D eigenvalue weighted by Crippen LogP contribution is 2.18. The van der Waals surface area contributed by atoms with Crippen LogP contribution >= 0.6 is 11.6 Å². The third-order valence-electron chi connectivity index (χ3n) is 2.76. The second-order valence-corrected chi connectivity index (χ2v) is 4.74. The molecule has 21 heavy (non-hydrogen) atoms. The number of aryl methyl sites for hydroxylation is 2. The predicted molar refractivity (Wildman–Crippen MR) is 74.5 cm³/mol. The number of amides is 2. The van der Waals surface area contributed by atoms with Gasteiger partial charge in [0.2, 0.25) is 0 Å². The fourth-order valence-corrected chi connectivity index (χ4v) is 2.06. The van der Waals surface area contributed by atoms with Crippen molar-refractivity contribution in [2.75, 3.05) is 0 Å². The molecule has 5 nitrogen and oxygen atoms in total. The SMILES string of the molecule is Cc1cc(C(=O)NNC(=O)c2c(F)cccc2Cl)c(C)o1. The Kier molecular flexibility index (Phi) is 4.28. The zero-order chi connectivity index (χ0) is 15.6. The van der Waals surface area contributed by atoms with E-state index in [1.165, 1.54) is 18.2 Å². The molecule has 2 rings (SSSR count). The maximum absolute atomic E-state index is 13.5. The van der Waals surface area contributed by atoms with Gasteiger partial charge >= 0.3 is 0 Å². The summed E-state index contributed by atoms with van der Waals surface area (Å²) in [4.78, 5) is 23.7. The van der Waals surface area contributed by atoms with Crippen molar-refractivity contribution in [1.82, 2.24) is 10.9 Å². The van der Waals surface area contributed by atoms with Crippen molar-refractivity contribution in [3.8, 4) is 0 Å². The molecule has 0 atom stereocenters. The van der Waals surface area contributed by atoms with Gasteiger partial charge in [0, 0.05) is 0 Å². The Morgan fingerprint density at radius 3 is 2.43 bits per heavy atom. The summed E-state index contributed by atoms with van der Waals surface area (Å²) in [5, 5.41) is -0.0444. The minimum atomic E-state index is -0.843. The van der Waals surface area contributed by atoms with Crippen LogP contribution in [0, 0.1) is 19.7 Å². The number of carbonyl (C=O) groups excluding carboxylic acids is 2. The van der Waals surface area contributed by atoms with E-state index in [1.54, 1.807) is 13.8 Å². The highest BCUT2D eigenvalue weighted by Gasteiger charge is 2.18. The molecule has 2 aromatic rings. The molecule has 1 aromatic heterocycles. The first kappa shape index (κ1) is 15.1. The van der Waals surface area contributed by atoms with Gasteiger partial charge in [0.15, 0.2) is 0 Å². The second kappa shape index (κ2) is 5.97. The summed E-state index contributed by atoms with van der Waals surface area (Å²) in [6.07, 6.45) is 0. The molecule has 0 aliphatic carbocycles. The minimum absolute atomic E-state index is 0.0444. The summed E-state index contributed by atoms with van der Waals surface area (Å²) < 4.78 is 18.8. The van der Waals surface area contributed by atoms with Crippen LogP contribution in [0.4, 0.5) is 4.39 Å². The van der Waals surface area contributed by atoms with Crippen molar-refractivity contribution in [2.45, 2.75) is 13.8 Å². The first-order valence-corrected chi connectivity index (χ1v) is 6.39. The van der Waals surface area contributed by atoms with Crippen molar-refractivity contribution >= 4 is 23.4 Å². The number of nitrogens with one attached hydrogen (secondary N) is 2. The summed E-state index contributed by atoms with van der Waals surface area (Å²) in [5.74, 6) is -1.19. The first-order chi connectivity index (χ1) is 9.90. The molecule has 7 heteroatoms. The minimum Gasteiger partial charge on any atom is -0.466 e. The Balaban J connectivity index is 2.08. The predicted octanol–water partition coefficient (Wildman–Crippen LogP) is 2.76. The van der Waals surface area contributed by atoms with Crippen LogP contribution in [0.3, 0.4) is 0 Å². The molecule has 0 bridgehead atoms. The van der Waals surface area contributed by atoms with Crippen LogP contribution in [0.1, 0.15) is 32.2 Å². The van der Waals surface area contributed by atoms with Gasteiger partial charge in [-0.05, 0) is 32.0 Å². The quantitative estimate of drug-likeness (QED) is 0.838. The van der Waals surface area contributed by atoms with Crippen molar-refractivity contribution in [2.24, 2.45) is 0 Å². The molecule has 2 N–H and O–H groups in total. The Morgan fingerprint density at radius 2 is 1.86 bits per heavy atom. The number of carbonyl (C=O) groups is 2. The van der Waals surface area contributed by atoms with Gasteiger partial charge < -0.3 is 4.42 Å². The molecule has 0 saturated carbocycles. The molecular weight excluding hydrogens is 299 g/mol. The lowest BCUT2D eigenvalue weighted by Gasteiger charge is -2.08. The summed E-state index contributed by atoms with van der Waals surface area (Å²) in [5.41, 5.74) is 4.24. The molecule has 0 radical (unpaired) electrons. The molecule has 0 aliphatic rings. The molecule has 0 fully saturated rings. The lowest BCUT2D eigenvalue weighted by molar-refractivity contribution is 0.0843. The largest absolute Gasteiger partial charge is 0.466 e. The lowest BCUT2D eigenvalue weighted by atomic mass is 10.2. The van der Waals surface area contributed by atoms with E-state index in [0.717, 1.165) is 6.07 Å². The van der Waals surface area contributed by atoms with Gasteiger partial charge in [-0.15, -0.1) is 0 Å². The van der Waals surface area contributed by atoms with E-state index < -0.39 is 17.6 Å². The van der Waals surface area contributed by atoms with E-state index in [2.05, 4.69) is 10.9 Å². The van der Waals surface area contributed by atoms with Crippen LogP contribution in [-0.2, 0) is 0 Å². The molecule has 0 aliphatic heterocycles. The first-order valence-electron chi connectivity index (χ1n) is 6.02. The highest BCUT2D eigenvalue weighted by molar-refractivity contribution is 6.33. The molecule has 0 unspecified atom stereocenters. The van der Waals surface area contributed by atoms with E-state index in [0.29, 0.717) is 11.5 Å². The number of hydrazine groups is 1. The topological polar surface area (TPSA) is 71.3 Å². The number of rotatable bonds is 2. The van der Waals surface area contributed by atoms with E-state index in [4.69, 9.17) is 16.0 Å². The van der Waals surface area contributed by atoms with E-state index in [-0.39, 0.29) is 16.1 Å². The second-order valence-electron chi connectivity index (χ2n) is 4.33. The maximum atomic E-state index is 13.5. The fraction of sp³-hybridized carbons (Fsp3) is 0.143. The Hall–Kier alpha value is -2.34. The maximum Gasteiger partial charge on any atom is 0.274 e. The number of halogens is 2. The van der Waals surface area contributed by atoms with Crippen LogP contribution < -0.4 is 10.9 Å². The van der Waals surface area contributed by atoms with Gasteiger partial charge in [0.25, 0.3) is 11.8 Å². The monoisotopic (exact) mass is 310 g/mol. The molecule has 0 spiro atoms. The smallest absolute Gasteiger partial charge is 0.274 e. The zero-order valence-corrected chi connectivity index (χ0v) is 12.0. The van der Waals surface area contributed by atoms with E-state index >= 15 is 0 Å². The summed E-state index contributed by atoms with van der Waals surface area (Å²) in [6.45, 7) is 3.32. The number of benzene rings is 1. The van der Waals surface area contributed by atoms with Crippen LogP contribution in [0.5, 0.6) is 0 Å². The number of furan rings is 1. The molecular formula is C14H12ClFN2O3. The molecule has 2 amide bonds. The Labute approximate surface area is 125 Å². The standard InChI is InChI=1S/C14H12ClFN2O3/c1-7-6-9(8(2)21-7)13(19)17-18-14(20)12-10(15)4-3-5-11(12)16/h3-6H,1-2H3,(H,17,19)(H,18,20). The fourth-order valence-electron chi connectivity index (χ4n) is 1.81. The van der Waals surface area contributed by atoms with Gasteiger partial charge in [-0.1, -0.05) is 17.7 Å². The third-order valence-corrected chi connectivity index (χ3v) is 3.08. The zero-order valence-electron chi connectivity index (χ0n) is 11.3. The normalized spacial score (nSPS) is 10.3. The van der Waals surface area contributed by atoms with Crippen LogP contribution in [0.2, 0.25) is 5.02 Å². The summed E-state index contributed by atoms with van der Waals surface area (Å²) >= 11 is 5.76. The van der Waals surface area contributed by atoms with E-state index in [1.807, 2.05) is 0 Å². The molecule has 0 saturated heterocycles. The van der Waals surface area contributed by atoms with Gasteiger partial charge in [0.1, 0.15) is 17.3 Å². The van der Waals surface area contributed by atoms with Gasteiger partial charge in [0.05, 0.1) is 16.1 Å². The summed E-state index contributed by atoms with van der Waals surface area (Å²) in [6, 6.07) is 5.40. The van der Waals surface area contributed by atoms with Gasteiger partial charge in [-0.3, -0.25) is 20.4 Å². The Morgan fingerprint density at radius 1 is 1.19 bits per heavy atom. The van der Waals surface area contributed by atoms with E-state index in [9.17, 15) is 14.0 Å². The number of hydrogen-bond donors (Lipinski definition) is 2. The van der Waals surface area contributed by atoms with Crippen LogP contribution in [-0.4, -0.2) is 11.8 Å². The van der Waals surface area contributed by atoms with Gasteiger partial charge in [-0.25, -0.2) is 4.39 Å². The third kappa shape index (κ3) is 3.22.